The number of amides is 1. The van der Waals surface area contributed by atoms with Crippen LogP contribution >= 0.6 is 23.1 Å². The predicted octanol–water partition coefficient (Wildman–Crippen LogP) is 2.11. The van der Waals surface area contributed by atoms with E-state index in [0.717, 1.165) is 4.88 Å². The maximum absolute atomic E-state index is 11.9. The molecule has 2 aromatic rings. The molecule has 2 aromatic heterocycles. The van der Waals surface area contributed by atoms with E-state index < -0.39 is 0 Å². The third kappa shape index (κ3) is 4.44. The zero-order chi connectivity index (χ0) is 15.2. The normalized spacial score (nSPS) is 10.6. The van der Waals surface area contributed by atoms with Gasteiger partial charge < -0.3 is 10.3 Å². The first-order valence-corrected chi connectivity index (χ1v) is 8.63. The molecule has 21 heavy (non-hydrogen) atoms. The van der Waals surface area contributed by atoms with Gasteiger partial charge in [0.25, 0.3) is 5.56 Å². The summed E-state index contributed by atoms with van der Waals surface area (Å²) >= 11 is 3.00. The first-order chi connectivity index (χ1) is 10.1. The van der Waals surface area contributed by atoms with Crippen LogP contribution in [-0.2, 0) is 17.8 Å². The molecular weight excluding hydrogens is 306 g/mol. The van der Waals surface area contributed by atoms with Crippen LogP contribution in [0.15, 0.2) is 27.5 Å². The van der Waals surface area contributed by atoms with Gasteiger partial charge in [0.05, 0.1) is 6.54 Å². The highest BCUT2D eigenvalue weighted by molar-refractivity contribution is 7.98. The van der Waals surface area contributed by atoms with Gasteiger partial charge in [-0.25, -0.2) is 4.98 Å². The zero-order valence-corrected chi connectivity index (χ0v) is 13.6. The number of hydrogen-bond acceptors (Lipinski definition) is 5. The van der Waals surface area contributed by atoms with E-state index in [-0.39, 0.29) is 17.9 Å². The summed E-state index contributed by atoms with van der Waals surface area (Å²) in [5, 5.41) is 5.43. The highest BCUT2D eigenvalue weighted by atomic mass is 32.2. The van der Waals surface area contributed by atoms with Gasteiger partial charge in [-0.1, -0.05) is 17.8 Å². The largest absolute Gasteiger partial charge is 0.351 e. The Balaban J connectivity index is 1.90. The molecule has 2 N–H and O–H groups in total. The molecule has 7 heteroatoms. The minimum absolute atomic E-state index is 0.0591. The van der Waals surface area contributed by atoms with Gasteiger partial charge in [-0.2, -0.15) is 0 Å². The molecule has 112 valence electrons. The van der Waals surface area contributed by atoms with Gasteiger partial charge in [0, 0.05) is 22.6 Å². The van der Waals surface area contributed by atoms with E-state index in [1.165, 1.54) is 11.8 Å². The summed E-state index contributed by atoms with van der Waals surface area (Å²) in [4.78, 5) is 31.9. The lowest BCUT2D eigenvalue weighted by atomic mass is 10.1. The van der Waals surface area contributed by atoms with Crippen molar-refractivity contribution < 1.29 is 4.79 Å². The Bertz CT molecular complexity index is 665. The van der Waals surface area contributed by atoms with Crippen LogP contribution < -0.4 is 10.9 Å². The molecule has 0 bridgehead atoms. The van der Waals surface area contributed by atoms with Crippen molar-refractivity contribution >= 4 is 29.0 Å². The second kappa shape index (κ2) is 7.42. The second-order valence-corrected chi connectivity index (χ2v) is 6.32. The van der Waals surface area contributed by atoms with Crippen molar-refractivity contribution in [2.24, 2.45) is 0 Å². The Kier molecular flexibility index (Phi) is 5.58. The summed E-state index contributed by atoms with van der Waals surface area (Å²) in [6.45, 7) is 2.34. The minimum Gasteiger partial charge on any atom is -0.351 e. The number of hydrogen-bond donors (Lipinski definition) is 2. The van der Waals surface area contributed by atoms with Crippen LogP contribution in [0.5, 0.6) is 0 Å². The fourth-order valence-electron chi connectivity index (χ4n) is 1.90. The molecule has 0 aliphatic carbocycles. The SMILES string of the molecule is CSc1nc(C)c(CCC(=O)NCc2cccs2)c(=O)[nH]1. The number of nitrogens with one attached hydrogen (secondary N) is 2. The number of carbonyl (C=O) groups is 1. The lowest BCUT2D eigenvalue weighted by Gasteiger charge is -2.06. The molecule has 5 nitrogen and oxygen atoms in total. The summed E-state index contributed by atoms with van der Waals surface area (Å²) in [7, 11) is 0. The minimum atomic E-state index is -0.155. The van der Waals surface area contributed by atoms with Crippen LogP contribution in [0.25, 0.3) is 0 Å². The molecular formula is C14H17N3O2S2. The van der Waals surface area contributed by atoms with E-state index in [1.54, 1.807) is 18.3 Å². The second-order valence-electron chi connectivity index (χ2n) is 4.50. The van der Waals surface area contributed by atoms with Crippen molar-refractivity contribution in [3.63, 3.8) is 0 Å². The lowest BCUT2D eigenvalue weighted by Crippen LogP contribution is -2.24. The van der Waals surface area contributed by atoms with Crippen molar-refractivity contribution in [3.05, 3.63) is 44.0 Å². The van der Waals surface area contributed by atoms with Gasteiger partial charge in [-0.05, 0) is 31.0 Å². The Morgan fingerprint density at radius 3 is 2.95 bits per heavy atom. The lowest BCUT2D eigenvalue weighted by molar-refractivity contribution is -0.121. The molecule has 0 spiro atoms. The molecule has 0 saturated carbocycles. The molecule has 0 radical (unpaired) electrons. The van der Waals surface area contributed by atoms with Crippen molar-refractivity contribution in [3.8, 4) is 0 Å². The van der Waals surface area contributed by atoms with Crippen LogP contribution in [0.4, 0.5) is 0 Å². The van der Waals surface area contributed by atoms with Crippen molar-refractivity contribution in [2.45, 2.75) is 31.5 Å². The van der Waals surface area contributed by atoms with Gasteiger partial charge in [0.15, 0.2) is 5.16 Å². The van der Waals surface area contributed by atoms with Gasteiger partial charge >= 0.3 is 0 Å². The third-order valence-corrected chi connectivity index (χ3v) is 4.49. The van der Waals surface area contributed by atoms with Crippen LogP contribution in [0, 0.1) is 6.92 Å². The fourth-order valence-corrected chi connectivity index (χ4v) is 2.97. The number of nitrogens with zero attached hydrogens (tertiary/aromatic N) is 1. The van der Waals surface area contributed by atoms with Crippen LogP contribution in [0.3, 0.4) is 0 Å². The van der Waals surface area contributed by atoms with E-state index in [9.17, 15) is 9.59 Å². The summed E-state index contributed by atoms with van der Waals surface area (Å²) < 4.78 is 0. The van der Waals surface area contributed by atoms with E-state index in [1.807, 2.05) is 23.8 Å². The smallest absolute Gasteiger partial charge is 0.254 e. The predicted molar refractivity (Wildman–Crippen MR) is 85.9 cm³/mol. The van der Waals surface area contributed by atoms with E-state index in [4.69, 9.17) is 0 Å². The molecule has 2 rings (SSSR count). The molecule has 0 aliphatic heterocycles. The summed E-state index contributed by atoms with van der Waals surface area (Å²) in [5.74, 6) is -0.0591. The quantitative estimate of drug-likeness (QED) is 0.631. The number of thioether (sulfide) groups is 1. The molecule has 0 unspecified atom stereocenters. The van der Waals surface area contributed by atoms with Gasteiger partial charge in [0.2, 0.25) is 5.91 Å². The number of thiophene rings is 1. The summed E-state index contributed by atoms with van der Waals surface area (Å²) in [6.07, 6.45) is 2.55. The maximum atomic E-state index is 11.9. The first kappa shape index (κ1) is 15.8. The Labute approximate surface area is 131 Å². The first-order valence-electron chi connectivity index (χ1n) is 6.53. The average Bonchev–Trinajstić information content (AvgIpc) is 2.97. The number of H-pyrrole nitrogens is 1. The Morgan fingerprint density at radius 1 is 1.52 bits per heavy atom. The van der Waals surface area contributed by atoms with Crippen LogP contribution in [0.2, 0.25) is 0 Å². The van der Waals surface area contributed by atoms with Crippen molar-refractivity contribution in [1.82, 2.24) is 15.3 Å². The number of aryl methyl sites for hydroxylation is 1. The molecule has 0 fully saturated rings. The Hall–Kier alpha value is -1.60. The number of rotatable bonds is 6. The third-order valence-electron chi connectivity index (χ3n) is 3.04. The van der Waals surface area contributed by atoms with E-state index in [0.29, 0.717) is 29.4 Å². The number of aromatic amines is 1. The van der Waals surface area contributed by atoms with Crippen molar-refractivity contribution in [2.75, 3.05) is 6.26 Å². The monoisotopic (exact) mass is 323 g/mol. The van der Waals surface area contributed by atoms with E-state index in [2.05, 4.69) is 15.3 Å². The molecule has 2 heterocycles. The molecule has 0 aliphatic rings. The maximum Gasteiger partial charge on any atom is 0.254 e. The standard InChI is InChI=1S/C14H17N3O2S2/c1-9-11(13(19)17-14(16-9)20-2)5-6-12(18)15-8-10-4-3-7-21-10/h3-4,7H,5-6,8H2,1-2H3,(H,15,18)(H,16,17,19). The highest BCUT2D eigenvalue weighted by Gasteiger charge is 2.10. The van der Waals surface area contributed by atoms with Crippen LogP contribution in [0.1, 0.15) is 22.6 Å². The molecule has 0 saturated heterocycles. The summed E-state index contributed by atoms with van der Waals surface area (Å²) in [5.41, 5.74) is 1.12. The van der Waals surface area contributed by atoms with Gasteiger partial charge in [-0.15, -0.1) is 11.3 Å². The molecule has 0 atom stereocenters. The zero-order valence-electron chi connectivity index (χ0n) is 11.9. The van der Waals surface area contributed by atoms with Crippen molar-refractivity contribution in [1.29, 1.82) is 0 Å². The van der Waals surface area contributed by atoms with Gasteiger partial charge in [0.1, 0.15) is 0 Å². The molecule has 1 amide bonds. The fraction of sp³-hybridized carbons (Fsp3) is 0.357. The topological polar surface area (TPSA) is 74.8 Å². The Morgan fingerprint density at radius 2 is 2.33 bits per heavy atom. The average molecular weight is 323 g/mol. The van der Waals surface area contributed by atoms with Gasteiger partial charge in [-0.3, -0.25) is 9.59 Å². The number of aromatic nitrogens is 2. The highest BCUT2D eigenvalue weighted by Crippen LogP contribution is 2.10. The molecule has 0 aromatic carbocycles. The summed E-state index contributed by atoms with van der Waals surface area (Å²) in [6, 6.07) is 3.93. The van der Waals surface area contributed by atoms with Crippen LogP contribution in [-0.4, -0.2) is 22.1 Å². The number of carbonyl (C=O) groups excluding carboxylic acids is 1. The van der Waals surface area contributed by atoms with E-state index >= 15 is 0 Å².